The molecule has 0 unspecified atom stereocenters. The van der Waals surface area contributed by atoms with Crippen LogP contribution in [0.2, 0.25) is 0 Å². The van der Waals surface area contributed by atoms with E-state index in [4.69, 9.17) is 4.74 Å². The van der Waals surface area contributed by atoms with Gasteiger partial charge in [-0.25, -0.2) is 0 Å². The van der Waals surface area contributed by atoms with E-state index in [1.807, 2.05) is 18.4 Å². The van der Waals surface area contributed by atoms with Crippen LogP contribution in [0.3, 0.4) is 0 Å². The first-order valence-corrected chi connectivity index (χ1v) is 8.51. The molecule has 1 fully saturated rings. The minimum atomic E-state index is -0.509. The van der Waals surface area contributed by atoms with Gasteiger partial charge < -0.3 is 19.9 Å². The van der Waals surface area contributed by atoms with Crippen molar-refractivity contribution >= 4 is 23.6 Å². The number of methoxy groups -OCH3 is 1. The van der Waals surface area contributed by atoms with Crippen LogP contribution in [-0.4, -0.2) is 56.8 Å². The maximum Gasteiger partial charge on any atom is 0.243 e. The number of carbonyl (C=O) groups excluding carboxylic acids is 2. The van der Waals surface area contributed by atoms with Gasteiger partial charge in [0, 0.05) is 26.0 Å². The van der Waals surface area contributed by atoms with Gasteiger partial charge in [0.25, 0.3) is 0 Å². The number of nitrogens with one attached hydrogen (secondary N) is 2. The lowest BCUT2D eigenvalue weighted by molar-refractivity contribution is -0.129. The molecule has 1 aliphatic heterocycles. The second-order valence-corrected chi connectivity index (χ2v) is 7.49. The van der Waals surface area contributed by atoms with Crippen molar-refractivity contribution in [1.82, 2.24) is 25.4 Å². The molecule has 1 aliphatic rings. The van der Waals surface area contributed by atoms with E-state index in [9.17, 15) is 9.59 Å². The Bertz CT molecular complexity index is 560. The zero-order chi connectivity index (χ0) is 16.9. The summed E-state index contributed by atoms with van der Waals surface area (Å²) in [6.07, 6.45) is 2.48. The summed E-state index contributed by atoms with van der Waals surface area (Å²) in [5.41, 5.74) is 0. The summed E-state index contributed by atoms with van der Waals surface area (Å²) >= 11 is 1.49. The third-order valence-electron chi connectivity index (χ3n) is 3.64. The first-order valence-electron chi connectivity index (χ1n) is 7.52. The van der Waals surface area contributed by atoms with Gasteiger partial charge in [0.05, 0.1) is 11.3 Å². The smallest absolute Gasteiger partial charge is 0.243 e. The number of rotatable bonds is 7. The minimum absolute atomic E-state index is 0.114. The Hall–Kier alpha value is -1.61. The number of amides is 2. The minimum Gasteiger partial charge on any atom is -0.385 e. The van der Waals surface area contributed by atoms with Gasteiger partial charge in [0.1, 0.15) is 12.4 Å². The summed E-state index contributed by atoms with van der Waals surface area (Å²) in [4.78, 5) is 24.1. The Balaban J connectivity index is 1.83. The molecular weight excluding hydrogens is 318 g/mol. The average molecular weight is 341 g/mol. The number of thioether (sulfide) groups is 1. The van der Waals surface area contributed by atoms with Gasteiger partial charge in [0.2, 0.25) is 11.8 Å². The summed E-state index contributed by atoms with van der Waals surface area (Å²) in [5.74, 6) is 0.930. The van der Waals surface area contributed by atoms with Gasteiger partial charge >= 0.3 is 0 Å². The van der Waals surface area contributed by atoms with E-state index in [2.05, 4.69) is 20.8 Å². The fourth-order valence-electron chi connectivity index (χ4n) is 2.14. The van der Waals surface area contributed by atoms with Crippen LogP contribution in [-0.2, 0) is 27.4 Å². The molecule has 2 N–H and O–H groups in total. The van der Waals surface area contributed by atoms with Crippen molar-refractivity contribution in [3.63, 3.8) is 0 Å². The number of hydrogen-bond donors (Lipinski definition) is 2. The van der Waals surface area contributed by atoms with Crippen LogP contribution in [0.5, 0.6) is 0 Å². The van der Waals surface area contributed by atoms with Crippen LogP contribution in [0, 0.1) is 0 Å². The van der Waals surface area contributed by atoms with Crippen molar-refractivity contribution in [1.29, 1.82) is 0 Å². The number of nitrogens with zero attached hydrogens (tertiary/aromatic N) is 3. The van der Waals surface area contributed by atoms with E-state index >= 15 is 0 Å². The highest BCUT2D eigenvalue weighted by Crippen LogP contribution is 2.28. The van der Waals surface area contributed by atoms with Crippen molar-refractivity contribution in [2.75, 3.05) is 19.5 Å². The van der Waals surface area contributed by atoms with E-state index in [0.29, 0.717) is 18.2 Å². The van der Waals surface area contributed by atoms with Gasteiger partial charge in [-0.05, 0) is 20.3 Å². The van der Waals surface area contributed by atoms with Crippen LogP contribution in [0.15, 0.2) is 6.33 Å². The SMILES string of the molecule is COCCCn1cnnc1CNC(=O)[C@@H]1CSC(C)(C)C(=O)N1. The highest BCUT2D eigenvalue weighted by atomic mass is 32.2. The molecule has 1 aromatic rings. The van der Waals surface area contributed by atoms with Crippen LogP contribution in [0.4, 0.5) is 0 Å². The van der Waals surface area contributed by atoms with E-state index in [0.717, 1.165) is 13.0 Å². The fourth-order valence-corrected chi connectivity index (χ4v) is 3.15. The zero-order valence-electron chi connectivity index (χ0n) is 13.7. The molecule has 8 nitrogen and oxygen atoms in total. The summed E-state index contributed by atoms with van der Waals surface area (Å²) in [7, 11) is 1.66. The van der Waals surface area contributed by atoms with E-state index in [1.54, 1.807) is 13.4 Å². The van der Waals surface area contributed by atoms with Crippen molar-refractivity contribution in [2.45, 2.75) is 44.1 Å². The molecule has 2 heterocycles. The van der Waals surface area contributed by atoms with Crippen molar-refractivity contribution in [3.05, 3.63) is 12.2 Å². The Labute approximate surface area is 139 Å². The average Bonchev–Trinajstić information content (AvgIpc) is 2.95. The first-order chi connectivity index (χ1) is 10.9. The summed E-state index contributed by atoms with van der Waals surface area (Å²) < 4.78 is 6.42. The molecule has 1 saturated heterocycles. The maximum absolute atomic E-state index is 12.2. The molecule has 1 aromatic heterocycles. The van der Waals surface area contributed by atoms with Gasteiger partial charge in [-0.15, -0.1) is 22.0 Å². The Morgan fingerprint density at radius 2 is 2.39 bits per heavy atom. The van der Waals surface area contributed by atoms with Crippen molar-refractivity contribution < 1.29 is 14.3 Å². The van der Waals surface area contributed by atoms with Crippen molar-refractivity contribution in [2.24, 2.45) is 0 Å². The fraction of sp³-hybridized carbons (Fsp3) is 0.714. The lowest BCUT2D eigenvalue weighted by atomic mass is 10.1. The van der Waals surface area contributed by atoms with Crippen LogP contribution in [0.1, 0.15) is 26.1 Å². The highest BCUT2D eigenvalue weighted by Gasteiger charge is 2.37. The molecule has 0 spiro atoms. The molecule has 0 saturated carbocycles. The summed E-state index contributed by atoms with van der Waals surface area (Å²) in [5, 5.41) is 13.5. The van der Waals surface area contributed by atoms with E-state index in [-0.39, 0.29) is 18.4 Å². The number of aryl methyl sites for hydroxylation is 1. The topological polar surface area (TPSA) is 98.1 Å². The molecule has 0 radical (unpaired) electrons. The van der Waals surface area contributed by atoms with E-state index < -0.39 is 10.8 Å². The lowest BCUT2D eigenvalue weighted by Gasteiger charge is -2.32. The molecule has 0 aromatic carbocycles. The third kappa shape index (κ3) is 4.68. The monoisotopic (exact) mass is 341 g/mol. The molecule has 0 bridgehead atoms. The maximum atomic E-state index is 12.2. The number of hydrogen-bond acceptors (Lipinski definition) is 6. The third-order valence-corrected chi connectivity index (χ3v) is 5.05. The molecule has 2 amide bonds. The van der Waals surface area contributed by atoms with Crippen LogP contribution < -0.4 is 10.6 Å². The first kappa shape index (κ1) is 17.7. The summed E-state index contributed by atoms with van der Waals surface area (Å²) in [6, 6.07) is -0.509. The van der Waals surface area contributed by atoms with Gasteiger partial charge in [-0.2, -0.15) is 0 Å². The van der Waals surface area contributed by atoms with E-state index in [1.165, 1.54) is 11.8 Å². The molecule has 128 valence electrons. The van der Waals surface area contributed by atoms with Gasteiger partial charge in [-0.1, -0.05) is 0 Å². The molecule has 9 heteroatoms. The Morgan fingerprint density at radius 1 is 1.61 bits per heavy atom. The number of aromatic nitrogens is 3. The standard InChI is InChI=1S/C14H23N5O3S/c1-14(2)13(21)17-10(8-23-14)12(20)15-7-11-18-16-9-19(11)5-4-6-22-3/h9-10H,4-8H2,1-3H3,(H,15,20)(H,17,21)/t10-/m0/s1. The van der Waals surface area contributed by atoms with Crippen LogP contribution in [0.25, 0.3) is 0 Å². The quantitative estimate of drug-likeness (QED) is 0.674. The molecule has 0 aliphatic carbocycles. The predicted molar refractivity (Wildman–Crippen MR) is 86.8 cm³/mol. The highest BCUT2D eigenvalue weighted by molar-refractivity contribution is 8.01. The molecular formula is C14H23N5O3S. The van der Waals surface area contributed by atoms with Gasteiger partial charge in [0.15, 0.2) is 5.82 Å². The molecule has 1 atom stereocenters. The lowest BCUT2D eigenvalue weighted by Crippen LogP contribution is -2.57. The normalized spacial score (nSPS) is 20.1. The van der Waals surface area contributed by atoms with Gasteiger partial charge in [-0.3, -0.25) is 9.59 Å². The number of ether oxygens (including phenoxy) is 1. The van der Waals surface area contributed by atoms with Crippen LogP contribution >= 0.6 is 11.8 Å². The zero-order valence-corrected chi connectivity index (χ0v) is 14.5. The second kappa shape index (κ2) is 7.78. The number of carbonyl (C=O) groups is 2. The predicted octanol–water partition coefficient (Wildman–Crippen LogP) is -0.0590. The Kier molecular flexibility index (Phi) is 6.00. The molecule has 2 rings (SSSR count). The Morgan fingerprint density at radius 3 is 3.09 bits per heavy atom. The largest absolute Gasteiger partial charge is 0.385 e. The molecule has 23 heavy (non-hydrogen) atoms. The summed E-state index contributed by atoms with van der Waals surface area (Å²) in [6.45, 7) is 5.38. The van der Waals surface area contributed by atoms with Crippen molar-refractivity contribution in [3.8, 4) is 0 Å². The second-order valence-electron chi connectivity index (χ2n) is 5.85.